The number of benzene rings is 1. The van der Waals surface area contributed by atoms with Crippen molar-refractivity contribution in [3.8, 4) is 0 Å². The van der Waals surface area contributed by atoms with Crippen LogP contribution in [0.3, 0.4) is 0 Å². The molecule has 1 aromatic rings. The fourth-order valence-electron chi connectivity index (χ4n) is 2.34. The molecule has 0 radical (unpaired) electrons. The van der Waals surface area contributed by atoms with Crippen LogP contribution in [0.5, 0.6) is 0 Å². The van der Waals surface area contributed by atoms with Gasteiger partial charge in [-0.05, 0) is 37.2 Å². The predicted molar refractivity (Wildman–Crippen MR) is 67.2 cm³/mol. The summed E-state index contributed by atoms with van der Waals surface area (Å²) in [6.45, 7) is 2.32. The van der Waals surface area contributed by atoms with Crippen molar-refractivity contribution in [1.29, 1.82) is 0 Å². The molecule has 0 spiro atoms. The van der Waals surface area contributed by atoms with Crippen LogP contribution in [0.25, 0.3) is 0 Å². The van der Waals surface area contributed by atoms with E-state index in [0.29, 0.717) is 0 Å². The zero-order valence-electron chi connectivity index (χ0n) is 9.28. The van der Waals surface area contributed by atoms with E-state index in [1.54, 1.807) is 0 Å². The second kappa shape index (κ2) is 5.00. The van der Waals surface area contributed by atoms with Crippen LogP contribution < -0.4 is 5.73 Å². The fourth-order valence-corrected chi connectivity index (χ4v) is 2.34. The smallest absolute Gasteiger partial charge is 0.0409 e. The summed E-state index contributed by atoms with van der Waals surface area (Å²) in [5, 5.41) is 0. The SMILES string of the molecule is CC1CCC(N)(c2ccccc2)CC1.Cl. The number of hydrogen-bond acceptors (Lipinski definition) is 1. The number of rotatable bonds is 1. The first-order valence-electron chi connectivity index (χ1n) is 5.55. The van der Waals surface area contributed by atoms with Crippen molar-refractivity contribution in [2.75, 3.05) is 0 Å². The molecule has 15 heavy (non-hydrogen) atoms. The summed E-state index contributed by atoms with van der Waals surface area (Å²) in [7, 11) is 0. The minimum Gasteiger partial charge on any atom is -0.321 e. The molecule has 0 heterocycles. The van der Waals surface area contributed by atoms with E-state index in [1.165, 1.54) is 18.4 Å². The summed E-state index contributed by atoms with van der Waals surface area (Å²) in [5.41, 5.74) is 7.71. The molecule has 0 saturated heterocycles. The van der Waals surface area contributed by atoms with Crippen LogP contribution in [0, 0.1) is 5.92 Å². The molecule has 1 nitrogen and oxygen atoms in total. The molecule has 1 saturated carbocycles. The molecular weight excluding hydrogens is 206 g/mol. The maximum atomic E-state index is 6.44. The van der Waals surface area contributed by atoms with Gasteiger partial charge in [-0.1, -0.05) is 37.3 Å². The van der Waals surface area contributed by atoms with Gasteiger partial charge in [-0.3, -0.25) is 0 Å². The van der Waals surface area contributed by atoms with Gasteiger partial charge in [0.1, 0.15) is 0 Å². The van der Waals surface area contributed by atoms with Crippen LogP contribution in [-0.2, 0) is 5.54 Å². The summed E-state index contributed by atoms with van der Waals surface area (Å²) < 4.78 is 0. The van der Waals surface area contributed by atoms with Gasteiger partial charge in [0.15, 0.2) is 0 Å². The lowest BCUT2D eigenvalue weighted by molar-refractivity contribution is 0.248. The Balaban J connectivity index is 0.00000112. The van der Waals surface area contributed by atoms with Gasteiger partial charge in [0.05, 0.1) is 0 Å². The molecular formula is C13H20ClN. The Morgan fingerprint density at radius 3 is 2.20 bits per heavy atom. The highest BCUT2D eigenvalue weighted by Crippen LogP contribution is 2.36. The third-order valence-corrected chi connectivity index (χ3v) is 3.52. The van der Waals surface area contributed by atoms with Gasteiger partial charge < -0.3 is 5.73 Å². The van der Waals surface area contributed by atoms with Gasteiger partial charge in [0.2, 0.25) is 0 Å². The van der Waals surface area contributed by atoms with Crippen LogP contribution in [0.1, 0.15) is 38.2 Å². The van der Waals surface area contributed by atoms with Gasteiger partial charge in [-0.2, -0.15) is 0 Å². The molecule has 0 amide bonds. The van der Waals surface area contributed by atoms with Crippen LogP contribution in [0.15, 0.2) is 30.3 Å². The summed E-state index contributed by atoms with van der Waals surface area (Å²) in [4.78, 5) is 0. The summed E-state index contributed by atoms with van der Waals surface area (Å²) >= 11 is 0. The molecule has 1 aliphatic carbocycles. The van der Waals surface area contributed by atoms with Crippen molar-refractivity contribution in [2.45, 2.75) is 38.1 Å². The number of halogens is 1. The largest absolute Gasteiger partial charge is 0.321 e. The highest BCUT2D eigenvalue weighted by molar-refractivity contribution is 5.85. The lowest BCUT2D eigenvalue weighted by Gasteiger charge is -2.36. The minimum atomic E-state index is -0.0478. The van der Waals surface area contributed by atoms with Crippen molar-refractivity contribution >= 4 is 12.4 Å². The van der Waals surface area contributed by atoms with E-state index in [1.807, 2.05) is 0 Å². The molecule has 1 aromatic carbocycles. The lowest BCUT2D eigenvalue weighted by Crippen LogP contribution is -2.40. The normalized spacial score (nSPS) is 30.7. The molecule has 0 aliphatic heterocycles. The molecule has 0 bridgehead atoms. The van der Waals surface area contributed by atoms with Crippen molar-refractivity contribution in [1.82, 2.24) is 0 Å². The van der Waals surface area contributed by atoms with Gasteiger partial charge in [0, 0.05) is 5.54 Å². The Hall–Kier alpha value is -0.530. The first-order valence-corrected chi connectivity index (χ1v) is 5.55. The van der Waals surface area contributed by atoms with E-state index in [4.69, 9.17) is 5.73 Å². The summed E-state index contributed by atoms with van der Waals surface area (Å²) in [5.74, 6) is 0.857. The Kier molecular flexibility index (Phi) is 4.18. The van der Waals surface area contributed by atoms with Crippen molar-refractivity contribution in [3.05, 3.63) is 35.9 Å². The Morgan fingerprint density at radius 1 is 1.13 bits per heavy atom. The molecule has 1 fully saturated rings. The maximum Gasteiger partial charge on any atom is 0.0409 e. The molecule has 0 aromatic heterocycles. The zero-order chi connectivity index (χ0) is 10.0. The molecule has 0 unspecified atom stereocenters. The third-order valence-electron chi connectivity index (χ3n) is 3.52. The molecule has 2 N–H and O–H groups in total. The molecule has 0 atom stereocenters. The zero-order valence-corrected chi connectivity index (χ0v) is 10.1. The van der Waals surface area contributed by atoms with Crippen LogP contribution in [0.2, 0.25) is 0 Å². The van der Waals surface area contributed by atoms with Crippen molar-refractivity contribution in [2.24, 2.45) is 11.7 Å². The highest BCUT2D eigenvalue weighted by Gasteiger charge is 2.31. The Labute approximate surface area is 98.5 Å². The fraction of sp³-hybridized carbons (Fsp3) is 0.538. The lowest BCUT2D eigenvalue weighted by atomic mass is 9.74. The summed E-state index contributed by atoms with van der Waals surface area (Å²) in [6.07, 6.45) is 4.81. The second-order valence-electron chi connectivity index (χ2n) is 4.70. The minimum absolute atomic E-state index is 0. The van der Waals surface area contributed by atoms with Crippen molar-refractivity contribution in [3.63, 3.8) is 0 Å². The molecule has 2 heteroatoms. The quantitative estimate of drug-likeness (QED) is 0.778. The van der Waals surface area contributed by atoms with E-state index in [9.17, 15) is 0 Å². The Bertz CT molecular complexity index is 289. The topological polar surface area (TPSA) is 26.0 Å². The highest BCUT2D eigenvalue weighted by atomic mass is 35.5. The van der Waals surface area contributed by atoms with E-state index < -0.39 is 0 Å². The van der Waals surface area contributed by atoms with E-state index in [-0.39, 0.29) is 17.9 Å². The van der Waals surface area contributed by atoms with Gasteiger partial charge in [-0.15, -0.1) is 12.4 Å². The number of nitrogens with two attached hydrogens (primary N) is 1. The molecule has 84 valence electrons. The standard InChI is InChI=1S/C13H19N.ClH/c1-11-7-9-13(14,10-8-11)12-5-3-2-4-6-12;/h2-6,11H,7-10,14H2,1H3;1H. The third kappa shape index (κ3) is 2.73. The van der Waals surface area contributed by atoms with Gasteiger partial charge >= 0.3 is 0 Å². The predicted octanol–water partition coefficient (Wildman–Crippen LogP) is 3.47. The Morgan fingerprint density at radius 2 is 1.67 bits per heavy atom. The average Bonchev–Trinajstić information content (AvgIpc) is 2.24. The van der Waals surface area contributed by atoms with E-state index in [0.717, 1.165) is 18.8 Å². The maximum absolute atomic E-state index is 6.44. The van der Waals surface area contributed by atoms with E-state index in [2.05, 4.69) is 37.3 Å². The van der Waals surface area contributed by atoms with Gasteiger partial charge in [0.25, 0.3) is 0 Å². The molecule has 1 aliphatic rings. The van der Waals surface area contributed by atoms with Gasteiger partial charge in [-0.25, -0.2) is 0 Å². The molecule has 2 rings (SSSR count). The van der Waals surface area contributed by atoms with Crippen molar-refractivity contribution < 1.29 is 0 Å². The monoisotopic (exact) mass is 225 g/mol. The first-order chi connectivity index (χ1) is 6.71. The van der Waals surface area contributed by atoms with E-state index >= 15 is 0 Å². The van der Waals surface area contributed by atoms with Crippen LogP contribution in [0.4, 0.5) is 0 Å². The summed E-state index contributed by atoms with van der Waals surface area (Å²) in [6, 6.07) is 10.5. The first kappa shape index (κ1) is 12.5. The number of hydrogen-bond donors (Lipinski definition) is 1. The van der Waals surface area contributed by atoms with Crippen LogP contribution in [-0.4, -0.2) is 0 Å². The second-order valence-corrected chi connectivity index (χ2v) is 4.70. The average molecular weight is 226 g/mol. The van der Waals surface area contributed by atoms with Crippen LogP contribution >= 0.6 is 12.4 Å².